The van der Waals surface area contributed by atoms with Gasteiger partial charge in [0.25, 0.3) is 0 Å². The molecule has 1 saturated heterocycles. The molecular formula is C18H23Cl2N3O3. The van der Waals surface area contributed by atoms with E-state index in [4.69, 9.17) is 9.47 Å². The van der Waals surface area contributed by atoms with E-state index in [0.717, 1.165) is 5.75 Å². The molecule has 1 unspecified atom stereocenters. The van der Waals surface area contributed by atoms with Gasteiger partial charge in [0.2, 0.25) is 11.8 Å². The third-order valence-electron chi connectivity index (χ3n) is 3.94. The lowest BCUT2D eigenvalue weighted by Gasteiger charge is -2.22. The van der Waals surface area contributed by atoms with Crippen LogP contribution in [-0.4, -0.2) is 36.7 Å². The highest BCUT2D eigenvalue weighted by atomic mass is 35.5. The summed E-state index contributed by atoms with van der Waals surface area (Å²) >= 11 is 0. The van der Waals surface area contributed by atoms with Crippen LogP contribution in [0.3, 0.4) is 0 Å². The zero-order chi connectivity index (χ0) is 16.9. The highest BCUT2D eigenvalue weighted by Gasteiger charge is 2.21. The van der Waals surface area contributed by atoms with E-state index in [-0.39, 0.29) is 36.8 Å². The number of hydrogen-bond donors (Lipinski definition) is 2. The molecule has 2 heterocycles. The van der Waals surface area contributed by atoms with Crippen molar-refractivity contribution < 1.29 is 14.3 Å². The van der Waals surface area contributed by atoms with Gasteiger partial charge in [0.05, 0.1) is 25.1 Å². The van der Waals surface area contributed by atoms with Gasteiger partial charge >= 0.3 is 0 Å². The number of amides is 1. The third kappa shape index (κ3) is 5.85. The summed E-state index contributed by atoms with van der Waals surface area (Å²) in [5.41, 5.74) is 3.01. The van der Waals surface area contributed by atoms with Gasteiger partial charge in [0.15, 0.2) is 0 Å². The number of pyridine rings is 1. The van der Waals surface area contributed by atoms with Crippen molar-refractivity contribution in [1.82, 2.24) is 10.3 Å². The normalized spacial score (nSPS) is 16.0. The van der Waals surface area contributed by atoms with Crippen LogP contribution in [0.15, 0.2) is 36.5 Å². The number of carbonyl (C=O) groups is 1. The van der Waals surface area contributed by atoms with Gasteiger partial charge in [-0.2, -0.15) is 0 Å². The molecule has 8 heteroatoms. The summed E-state index contributed by atoms with van der Waals surface area (Å²) in [7, 11) is 0. The Morgan fingerprint density at radius 1 is 1.23 bits per heavy atom. The van der Waals surface area contributed by atoms with Crippen LogP contribution in [0.1, 0.15) is 11.1 Å². The molecule has 1 amide bonds. The zero-order valence-electron chi connectivity index (χ0n) is 14.7. The molecule has 0 radical (unpaired) electrons. The molecule has 26 heavy (non-hydrogen) atoms. The Hall–Kier alpha value is -1.86. The molecule has 1 aromatic heterocycles. The lowest BCUT2D eigenvalue weighted by molar-refractivity contribution is -0.120. The number of carbonyl (C=O) groups excluding carboxylic acids is 1. The van der Waals surface area contributed by atoms with Gasteiger partial charge in [-0.3, -0.25) is 4.79 Å². The standard InChI is InChI=1S/C18H21N3O3.2ClH/c1-12-3-5-15(9-13(12)2)24-17-6-4-14(10-20-17)21-18(22)16-11-23-8-7-19-16;;/h3-6,9-10,16,19H,7-8,11H2,1-2H3,(H,21,22);2*1H. The summed E-state index contributed by atoms with van der Waals surface area (Å²) in [6, 6.07) is 9.07. The molecule has 0 spiro atoms. The molecule has 1 atom stereocenters. The number of nitrogens with zero attached hydrogens (tertiary/aromatic N) is 1. The van der Waals surface area contributed by atoms with Crippen molar-refractivity contribution in [3.63, 3.8) is 0 Å². The van der Waals surface area contributed by atoms with E-state index < -0.39 is 0 Å². The maximum atomic E-state index is 12.1. The van der Waals surface area contributed by atoms with Crippen LogP contribution in [0.2, 0.25) is 0 Å². The van der Waals surface area contributed by atoms with Crippen molar-refractivity contribution >= 4 is 36.4 Å². The molecular weight excluding hydrogens is 377 g/mol. The number of benzene rings is 1. The monoisotopic (exact) mass is 399 g/mol. The van der Waals surface area contributed by atoms with E-state index >= 15 is 0 Å². The summed E-state index contributed by atoms with van der Waals surface area (Å²) in [5, 5.41) is 5.93. The third-order valence-corrected chi connectivity index (χ3v) is 3.94. The maximum Gasteiger partial charge on any atom is 0.243 e. The zero-order valence-corrected chi connectivity index (χ0v) is 16.3. The van der Waals surface area contributed by atoms with E-state index in [9.17, 15) is 4.79 Å². The SMILES string of the molecule is Cc1ccc(Oc2ccc(NC(=O)C3COCCN3)cn2)cc1C.Cl.Cl. The lowest BCUT2D eigenvalue weighted by atomic mass is 10.1. The summed E-state index contributed by atoms with van der Waals surface area (Å²) < 4.78 is 11.0. The first-order valence-corrected chi connectivity index (χ1v) is 7.95. The molecule has 3 rings (SSSR count). The van der Waals surface area contributed by atoms with Crippen molar-refractivity contribution in [2.75, 3.05) is 25.1 Å². The molecule has 0 saturated carbocycles. The first-order chi connectivity index (χ1) is 11.6. The van der Waals surface area contributed by atoms with Gasteiger partial charge in [0.1, 0.15) is 11.8 Å². The molecule has 2 aromatic rings. The number of halogens is 2. The summed E-state index contributed by atoms with van der Waals surface area (Å²) in [6.45, 7) is 5.79. The highest BCUT2D eigenvalue weighted by molar-refractivity contribution is 5.94. The number of morpholine rings is 1. The minimum atomic E-state index is -0.329. The van der Waals surface area contributed by atoms with Crippen molar-refractivity contribution in [2.45, 2.75) is 19.9 Å². The van der Waals surface area contributed by atoms with Gasteiger partial charge in [-0.25, -0.2) is 4.98 Å². The number of hydrogen-bond acceptors (Lipinski definition) is 5. The smallest absolute Gasteiger partial charge is 0.243 e. The average molecular weight is 400 g/mol. The van der Waals surface area contributed by atoms with Crippen LogP contribution >= 0.6 is 24.8 Å². The second-order valence-corrected chi connectivity index (χ2v) is 5.80. The molecule has 6 nitrogen and oxygen atoms in total. The molecule has 1 fully saturated rings. The van der Waals surface area contributed by atoms with E-state index in [0.29, 0.717) is 31.3 Å². The second-order valence-electron chi connectivity index (χ2n) is 5.80. The average Bonchev–Trinajstić information content (AvgIpc) is 2.61. The molecule has 0 bridgehead atoms. The van der Waals surface area contributed by atoms with Gasteiger partial charge < -0.3 is 20.1 Å². The van der Waals surface area contributed by atoms with Crippen molar-refractivity contribution in [2.24, 2.45) is 0 Å². The predicted molar refractivity (Wildman–Crippen MR) is 106 cm³/mol. The van der Waals surface area contributed by atoms with Gasteiger partial charge in [0, 0.05) is 12.6 Å². The van der Waals surface area contributed by atoms with Crippen molar-refractivity contribution in [3.8, 4) is 11.6 Å². The van der Waals surface area contributed by atoms with Crippen molar-refractivity contribution in [3.05, 3.63) is 47.7 Å². The van der Waals surface area contributed by atoms with E-state index in [1.165, 1.54) is 11.1 Å². The first kappa shape index (κ1) is 22.2. The molecule has 1 aromatic carbocycles. The Morgan fingerprint density at radius 3 is 2.65 bits per heavy atom. The number of ether oxygens (including phenoxy) is 2. The van der Waals surface area contributed by atoms with Crippen LogP contribution < -0.4 is 15.4 Å². The van der Waals surface area contributed by atoms with Crippen molar-refractivity contribution in [1.29, 1.82) is 0 Å². The Balaban J connectivity index is 0.00000169. The van der Waals surface area contributed by atoms with E-state index in [1.807, 2.05) is 25.1 Å². The molecule has 0 aliphatic carbocycles. The molecule has 2 N–H and O–H groups in total. The van der Waals surface area contributed by atoms with Crippen LogP contribution in [0, 0.1) is 13.8 Å². The van der Waals surface area contributed by atoms with Crippen LogP contribution in [0.4, 0.5) is 5.69 Å². The Bertz CT molecular complexity index is 720. The van der Waals surface area contributed by atoms with Gasteiger partial charge in [-0.05, 0) is 43.2 Å². The number of anilines is 1. The van der Waals surface area contributed by atoms with Gasteiger partial charge in [-0.15, -0.1) is 24.8 Å². The molecule has 1 aliphatic rings. The maximum absolute atomic E-state index is 12.1. The number of aromatic nitrogens is 1. The largest absolute Gasteiger partial charge is 0.439 e. The number of nitrogens with one attached hydrogen (secondary N) is 2. The van der Waals surface area contributed by atoms with Crippen LogP contribution in [0.25, 0.3) is 0 Å². The predicted octanol–water partition coefficient (Wildman–Crippen LogP) is 3.26. The second kappa shape index (κ2) is 10.3. The number of aryl methyl sites for hydroxylation is 2. The Kier molecular flexibility index (Phi) is 8.81. The highest BCUT2D eigenvalue weighted by Crippen LogP contribution is 2.23. The molecule has 142 valence electrons. The lowest BCUT2D eigenvalue weighted by Crippen LogP contribution is -2.48. The number of rotatable bonds is 4. The Morgan fingerprint density at radius 2 is 2.04 bits per heavy atom. The Labute approximate surface area is 165 Å². The fraction of sp³-hybridized carbons (Fsp3) is 0.333. The summed E-state index contributed by atoms with van der Waals surface area (Å²) in [4.78, 5) is 16.3. The van der Waals surface area contributed by atoms with Gasteiger partial charge in [-0.1, -0.05) is 6.07 Å². The minimum absolute atomic E-state index is 0. The fourth-order valence-electron chi connectivity index (χ4n) is 2.38. The fourth-order valence-corrected chi connectivity index (χ4v) is 2.38. The quantitative estimate of drug-likeness (QED) is 0.825. The first-order valence-electron chi connectivity index (χ1n) is 7.95. The van der Waals surface area contributed by atoms with E-state index in [2.05, 4.69) is 22.5 Å². The van der Waals surface area contributed by atoms with E-state index in [1.54, 1.807) is 18.3 Å². The van der Waals surface area contributed by atoms with Crippen LogP contribution in [-0.2, 0) is 9.53 Å². The summed E-state index contributed by atoms with van der Waals surface area (Å²) in [6.07, 6.45) is 1.58. The molecule has 1 aliphatic heterocycles. The minimum Gasteiger partial charge on any atom is -0.439 e. The van der Waals surface area contributed by atoms with Crippen LogP contribution in [0.5, 0.6) is 11.6 Å². The topological polar surface area (TPSA) is 72.5 Å². The summed E-state index contributed by atoms with van der Waals surface area (Å²) in [5.74, 6) is 1.10.